The third-order valence-electron chi connectivity index (χ3n) is 3.69. The van der Waals surface area contributed by atoms with E-state index in [1.165, 1.54) is 16.9 Å². The summed E-state index contributed by atoms with van der Waals surface area (Å²) in [5, 5.41) is 2.69. The van der Waals surface area contributed by atoms with Crippen molar-refractivity contribution in [2.75, 3.05) is 5.32 Å². The molecule has 0 unspecified atom stereocenters. The van der Waals surface area contributed by atoms with Crippen molar-refractivity contribution in [2.24, 2.45) is 0 Å². The van der Waals surface area contributed by atoms with Crippen molar-refractivity contribution in [3.8, 4) is 0 Å². The number of thiazole rings is 1. The van der Waals surface area contributed by atoms with E-state index in [9.17, 15) is 9.59 Å². The molecule has 3 aromatic rings. The first-order chi connectivity index (χ1) is 11.5. The quantitative estimate of drug-likeness (QED) is 0.794. The highest BCUT2D eigenvalue weighted by Crippen LogP contribution is 2.14. The fourth-order valence-electron chi connectivity index (χ4n) is 2.35. The monoisotopic (exact) mass is 339 g/mol. The standard InChI is InChI=1S/C18H17N3O2S/c1-12-5-7-14(8-6-12)10-21-9-3-4-15(18(21)23)20-17(22)16-13(2)19-11-24-16/h3-9,11H,10H2,1-2H3,(H,20,22). The fraction of sp³-hybridized carbons (Fsp3) is 0.167. The molecule has 0 atom stereocenters. The molecule has 5 nitrogen and oxygen atoms in total. The number of carbonyl (C=O) groups excluding carboxylic acids is 1. The van der Waals surface area contributed by atoms with E-state index in [-0.39, 0.29) is 17.2 Å². The van der Waals surface area contributed by atoms with E-state index < -0.39 is 0 Å². The van der Waals surface area contributed by atoms with Crippen LogP contribution in [0.3, 0.4) is 0 Å². The highest BCUT2D eigenvalue weighted by atomic mass is 32.1. The number of benzene rings is 1. The largest absolute Gasteiger partial charge is 0.317 e. The summed E-state index contributed by atoms with van der Waals surface area (Å²) in [6.45, 7) is 4.25. The number of nitrogens with zero attached hydrogens (tertiary/aromatic N) is 2. The summed E-state index contributed by atoms with van der Waals surface area (Å²) in [5.74, 6) is -0.305. The number of amides is 1. The van der Waals surface area contributed by atoms with Crippen molar-refractivity contribution in [3.63, 3.8) is 0 Å². The molecule has 24 heavy (non-hydrogen) atoms. The summed E-state index contributed by atoms with van der Waals surface area (Å²) in [4.78, 5) is 29.4. The van der Waals surface area contributed by atoms with Crippen LogP contribution >= 0.6 is 11.3 Å². The first kappa shape index (κ1) is 16.1. The molecule has 2 heterocycles. The normalized spacial score (nSPS) is 10.6. The third kappa shape index (κ3) is 3.44. The molecule has 1 aromatic carbocycles. The second kappa shape index (κ2) is 6.80. The van der Waals surface area contributed by atoms with Crippen LogP contribution < -0.4 is 10.9 Å². The lowest BCUT2D eigenvalue weighted by Crippen LogP contribution is -2.25. The van der Waals surface area contributed by atoms with Crippen LogP contribution in [0, 0.1) is 13.8 Å². The molecular weight excluding hydrogens is 322 g/mol. The van der Waals surface area contributed by atoms with Crippen molar-refractivity contribution >= 4 is 22.9 Å². The number of rotatable bonds is 4. The zero-order valence-electron chi connectivity index (χ0n) is 13.4. The number of anilines is 1. The molecule has 0 spiro atoms. The van der Waals surface area contributed by atoms with Crippen molar-refractivity contribution in [1.82, 2.24) is 9.55 Å². The molecule has 6 heteroatoms. The Kier molecular flexibility index (Phi) is 4.57. The number of hydrogen-bond acceptors (Lipinski definition) is 4. The lowest BCUT2D eigenvalue weighted by atomic mass is 10.1. The molecule has 0 radical (unpaired) electrons. The van der Waals surface area contributed by atoms with Gasteiger partial charge in [0, 0.05) is 6.20 Å². The Morgan fingerprint density at radius 3 is 2.62 bits per heavy atom. The van der Waals surface area contributed by atoms with Gasteiger partial charge in [-0.25, -0.2) is 4.98 Å². The van der Waals surface area contributed by atoms with Crippen LogP contribution in [0.2, 0.25) is 0 Å². The predicted octanol–water partition coefficient (Wildman–Crippen LogP) is 3.22. The first-order valence-corrected chi connectivity index (χ1v) is 8.39. The molecule has 1 N–H and O–H groups in total. The van der Waals surface area contributed by atoms with Crippen LogP contribution in [-0.2, 0) is 6.54 Å². The van der Waals surface area contributed by atoms with E-state index in [4.69, 9.17) is 0 Å². The van der Waals surface area contributed by atoms with Gasteiger partial charge >= 0.3 is 0 Å². The summed E-state index contributed by atoms with van der Waals surface area (Å²) >= 11 is 1.26. The summed E-state index contributed by atoms with van der Waals surface area (Å²) < 4.78 is 1.58. The second-order valence-electron chi connectivity index (χ2n) is 5.56. The lowest BCUT2D eigenvalue weighted by Gasteiger charge is -2.09. The molecule has 0 saturated carbocycles. The fourth-order valence-corrected chi connectivity index (χ4v) is 3.04. The number of aryl methyl sites for hydroxylation is 2. The van der Waals surface area contributed by atoms with Crippen molar-refractivity contribution in [3.05, 3.63) is 80.2 Å². The van der Waals surface area contributed by atoms with Crippen molar-refractivity contribution < 1.29 is 4.79 Å². The predicted molar refractivity (Wildman–Crippen MR) is 95.8 cm³/mol. The van der Waals surface area contributed by atoms with E-state index in [0.29, 0.717) is 17.1 Å². The van der Waals surface area contributed by atoms with Gasteiger partial charge in [0.1, 0.15) is 10.6 Å². The van der Waals surface area contributed by atoms with Gasteiger partial charge in [0.15, 0.2) is 0 Å². The molecule has 2 aromatic heterocycles. The molecule has 0 saturated heterocycles. The van der Waals surface area contributed by atoms with Crippen LogP contribution in [0.1, 0.15) is 26.5 Å². The molecule has 1 amide bonds. The maximum Gasteiger partial charge on any atom is 0.274 e. The molecule has 0 aliphatic carbocycles. The molecular formula is C18H17N3O2S. The molecule has 0 bridgehead atoms. The molecule has 122 valence electrons. The van der Waals surface area contributed by atoms with Gasteiger partial charge < -0.3 is 9.88 Å². The average molecular weight is 339 g/mol. The van der Waals surface area contributed by atoms with E-state index >= 15 is 0 Å². The van der Waals surface area contributed by atoms with Gasteiger partial charge in [-0.15, -0.1) is 11.3 Å². The Morgan fingerprint density at radius 1 is 1.21 bits per heavy atom. The molecule has 0 aliphatic rings. The maximum absolute atomic E-state index is 12.6. The summed E-state index contributed by atoms with van der Waals surface area (Å²) in [6, 6.07) is 11.4. The van der Waals surface area contributed by atoms with E-state index in [0.717, 1.165) is 5.56 Å². The van der Waals surface area contributed by atoms with Crippen LogP contribution in [0.25, 0.3) is 0 Å². The number of hydrogen-bond donors (Lipinski definition) is 1. The summed E-state index contributed by atoms with van der Waals surface area (Å²) in [5.41, 5.74) is 4.52. The highest BCUT2D eigenvalue weighted by molar-refractivity contribution is 7.12. The van der Waals surface area contributed by atoms with Crippen LogP contribution in [0.15, 0.2) is 52.9 Å². The van der Waals surface area contributed by atoms with Crippen LogP contribution in [0.5, 0.6) is 0 Å². The molecule has 3 rings (SSSR count). The van der Waals surface area contributed by atoms with Crippen LogP contribution in [0.4, 0.5) is 5.69 Å². The first-order valence-electron chi connectivity index (χ1n) is 7.51. The minimum absolute atomic E-state index is 0.228. The zero-order valence-corrected chi connectivity index (χ0v) is 14.3. The van der Waals surface area contributed by atoms with E-state index in [1.807, 2.05) is 31.2 Å². The number of nitrogens with one attached hydrogen (secondary N) is 1. The van der Waals surface area contributed by atoms with Crippen molar-refractivity contribution in [2.45, 2.75) is 20.4 Å². The molecule has 0 aliphatic heterocycles. The molecule has 0 fully saturated rings. The Labute approximate surface area is 143 Å². The average Bonchev–Trinajstić information content (AvgIpc) is 2.99. The summed E-state index contributed by atoms with van der Waals surface area (Å²) in [7, 11) is 0. The summed E-state index contributed by atoms with van der Waals surface area (Å²) in [6.07, 6.45) is 1.72. The van der Waals surface area contributed by atoms with Crippen molar-refractivity contribution in [1.29, 1.82) is 0 Å². The van der Waals surface area contributed by atoms with Gasteiger partial charge in [0.2, 0.25) is 0 Å². The topological polar surface area (TPSA) is 64.0 Å². The SMILES string of the molecule is Cc1ccc(Cn2cccc(NC(=O)c3scnc3C)c2=O)cc1. The third-order valence-corrected chi connectivity index (χ3v) is 4.62. The van der Waals surface area contributed by atoms with Gasteiger partial charge in [0.05, 0.1) is 17.7 Å². The minimum atomic E-state index is -0.305. The Morgan fingerprint density at radius 2 is 1.96 bits per heavy atom. The van der Waals surface area contributed by atoms with Gasteiger partial charge in [-0.3, -0.25) is 9.59 Å². The van der Waals surface area contributed by atoms with Crippen LogP contribution in [-0.4, -0.2) is 15.5 Å². The minimum Gasteiger partial charge on any atom is -0.317 e. The van der Waals surface area contributed by atoms with Gasteiger partial charge in [0.25, 0.3) is 11.5 Å². The maximum atomic E-state index is 12.6. The van der Waals surface area contributed by atoms with E-state index in [1.54, 1.807) is 35.3 Å². The second-order valence-corrected chi connectivity index (χ2v) is 6.42. The Balaban J connectivity index is 1.83. The number of aromatic nitrogens is 2. The van der Waals surface area contributed by atoms with Gasteiger partial charge in [-0.05, 0) is 31.5 Å². The van der Waals surface area contributed by atoms with Gasteiger partial charge in [-0.1, -0.05) is 29.8 Å². The zero-order chi connectivity index (χ0) is 17.1. The van der Waals surface area contributed by atoms with Gasteiger partial charge in [-0.2, -0.15) is 0 Å². The number of pyridine rings is 1. The lowest BCUT2D eigenvalue weighted by molar-refractivity contribution is 0.102. The van der Waals surface area contributed by atoms with E-state index in [2.05, 4.69) is 10.3 Å². The smallest absolute Gasteiger partial charge is 0.274 e. The Hall–Kier alpha value is -2.73. The number of carbonyl (C=O) groups is 1. The Bertz CT molecular complexity index is 926. The highest BCUT2D eigenvalue weighted by Gasteiger charge is 2.14.